The van der Waals surface area contributed by atoms with Gasteiger partial charge in [-0.2, -0.15) is 5.10 Å². The molecule has 4 rings (SSSR count). The number of rotatable bonds is 5. The maximum absolute atomic E-state index is 12.3. The summed E-state index contributed by atoms with van der Waals surface area (Å²) >= 11 is 1.47. The number of nitrogens with one attached hydrogen (secondary N) is 1. The number of nitrogens with zero attached hydrogens (tertiary/aromatic N) is 4. The molecule has 0 bridgehead atoms. The summed E-state index contributed by atoms with van der Waals surface area (Å²) in [5.74, 6) is 0. The van der Waals surface area contributed by atoms with Gasteiger partial charge >= 0.3 is 0 Å². The molecule has 1 N–H and O–H groups in total. The first kappa shape index (κ1) is 17.1. The van der Waals surface area contributed by atoms with E-state index in [1.165, 1.54) is 17.3 Å². The average molecular weight is 367 g/mol. The molecule has 2 aromatic heterocycles. The van der Waals surface area contributed by atoms with Crippen LogP contribution in [0.15, 0.2) is 52.7 Å². The molecule has 0 amide bonds. The van der Waals surface area contributed by atoms with Gasteiger partial charge in [0.1, 0.15) is 0 Å². The van der Waals surface area contributed by atoms with Crippen molar-refractivity contribution in [2.75, 3.05) is 12.8 Å². The molecule has 0 saturated carbocycles. The molecule has 0 saturated heterocycles. The van der Waals surface area contributed by atoms with Gasteiger partial charge in [-0.25, -0.2) is 4.98 Å². The van der Waals surface area contributed by atoms with E-state index in [4.69, 9.17) is 0 Å². The van der Waals surface area contributed by atoms with Crippen LogP contribution >= 0.6 is 11.8 Å². The Morgan fingerprint density at radius 1 is 1.19 bits per heavy atom. The predicted molar refractivity (Wildman–Crippen MR) is 102 cm³/mol. The minimum atomic E-state index is -0.0103. The van der Waals surface area contributed by atoms with E-state index in [2.05, 4.69) is 38.3 Å². The molecular formula is C19H21N5OS. The average Bonchev–Trinajstić information content (AvgIpc) is 3.09. The number of fused-ring (bicyclic) bond motifs is 1. The lowest BCUT2D eigenvalue weighted by Gasteiger charge is -2.27. The van der Waals surface area contributed by atoms with Crippen LogP contribution in [0.25, 0.3) is 0 Å². The summed E-state index contributed by atoms with van der Waals surface area (Å²) in [5.41, 5.74) is 4.12. The van der Waals surface area contributed by atoms with E-state index in [-0.39, 0.29) is 5.56 Å². The van der Waals surface area contributed by atoms with Crippen molar-refractivity contribution >= 4 is 11.8 Å². The number of hydrogen-bond acceptors (Lipinski definition) is 5. The van der Waals surface area contributed by atoms with Gasteiger partial charge in [0.05, 0.1) is 24.0 Å². The van der Waals surface area contributed by atoms with Crippen molar-refractivity contribution in [1.82, 2.24) is 24.6 Å². The molecule has 1 aromatic carbocycles. The number of aromatic nitrogens is 4. The maximum Gasteiger partial charge on any atom is 0.256 e. The Kier molecular flexibility index (Phi) is 4.90. The lowest BCUT2D eigenvalue weighted by Crippen LogP contribution is -2.35. The zero-order valence-electron chi connectivity index (χ0n) is 14.7. The molecule has 1 aliphatic heterocycles. The van der Waals surface area contributed by atoms with Crippen LogP contribution in [-0.2, 0) is 26.1 Å². The lowest BCUT2D eigenvalue weighted by atomic mass is 10.1. The van der Waals surface area contributed by atoms with Crippen LogP contribution < -0.4 is 5.56 Å². The molecule has 0 radical (unpaired) electrons. The van der Waals surface area contributed by atoms with Crippen LogP contribution in [0.3, 0.4) is 0 Å². The molecule has 0 fully saturated rings. The third kappa shape index (κ3) is 3.73. The summed E-state index contributed by atoms with van der Waals surface area (Å²) in [6, 6.07) is 10.3. The Balaban J connectivity index is 1.44. The van der Waals surface area contributed by atoms with Crippen LogP contribution in [0, 0.1) is 0 Å². The van der Waals surface area contributed by atoms with Crippen LogP contribution in [0.1, 0.15) is 22.4 Å². The fourth-order valence-electron chi connectivity index (χ4n) is 3.29. The summed E-state index contributed by atoms with van der Waals surface area (Å²) in [7, 11) is 0. The van der Waals surface area contributed by atoms with Gasteiger partial charge < -0.3 is 4.98 Å². The summed E-state index contributed by atoms with van der Waals surface area (Å²) in [4.78, 5) is 22.0. The van der Waals surface area contributed by atoms with E-state index in [0.29, 0.717) is 11.7 Å². The molecule has 1 aliphatic rings. The zero-order chi connectivity index (χ0) is 17.9. The summed E-state index contributed by atoms with van der Waals surface area (Å²) in [6.07, 6.45) is 6.73. The van der Waals surface area contributed by atoms with Crippen LogP contribution in [-0.4, -0.2) is 37.4 Å². The molecule has 0 atom stereocenters. The van der Waals surface area contributed by atoms with Crippen molar-refractivity contribution < 1.29 is 0 Å². The van der Waals surface area contributed by atoms with Crippen molar-refractivity contribution in [2.24, 2.45) is 0 Å². The SMILES string of the molecule is CSc1nc2c(c(=O)[nH]1)CN(Cc1cnn(Cc3ccccc3)c1)CC2. The highest BCUT2D eigenvalue weighted by Crippen LogP contribution is 2.18. The Morgan fingerprint density at radius 3 is 2.85 bits per heavy atom. The smallest absolute Gasteiger partial charge is 0.256 e. The summed E-state index contributed by atoms with van der Waals surface area (Å²) in [6.45, 7) is 3.10. The molecule has 6 nitrogen and oxygen atoms in total. The van der Waals surface area contributed by atoms with Crippen LogP contribution in [0.2, 0.25) is 0 Å². The Hall–Kier alpha value is -2.38. The fraction of sp³-hybridized carbons (Fsp3) is 0.316. The first-order valence-electron chi connectivity index (χ1n) is 8.65. The summed E-state index contributed by atoms with van der Waals surface area (Å²) < 4.78 is 1.96. The van der Waals surface area contributed by atoms with E-state index in [0.717, 1.165) is 42.9 Å². The van der Waals surface area contributed by atoms with E-state index >= 15 is 0 Å². The Morgan fingerprint density at radius 2 is 2.04 bits per heavy atom. The number of aromatic amines is 1. The van der Waals surface area contributed by atoms with E-state index in [9.17, 15) is 4.79 Å². The van der Waals surface area contributed by atoms with Gasteiger partial charge in [-0.3, -0.25) is 14.4 Å². The second kappa shape index (κ2) is 7.47. The van der Waals surface area contributed by atoms with Crippen molar-refractivity contribution in [3.05, 3.63) is 75.5 Å². The molecule has 26 heavy (non-hydrogen) atoms. The molecule has 0 spiro atoms. The maximum atomic E-state index is 12.3. The minimum absolute atomic E-state index is 0.0103. The standard InChI is InChI=1S/C19H21N5OS/c1-26-19-21-17-7-8-23(13-16(17)18(25)22-19)10-15-9-20-24(12-15)11-14-5-3-2-4-6-14/h2-6,9,12H,7-8,10-11,13H2,1H3,(H,21,22,25). The predicted octanol–water partition coefficient (Wildman–Crippen LogP) is 2.29. The zero-order valence-corrected chi connectivity index (χ0v) is 15.5. The van der Waals surface area contributed by atoms with E-state index in [1.807, 2.05) is 35.3 Å². The molecule has 3 aromatic rings. The molecule has 7 heteroatoms. The largest absolute Gasteiger partial charge is 0.301 e. The van der Waals surface area contributed by atoms with Gasteiger partial charge in [0, 0.05) is 37.8 Å². The van der Waals surface area contributed by atoms with Gasteiger partial charge in [-0.1, -0.05) is 42.1 Å². The van der Waals surface area contributed by atoms with Gasteiger partial charge in [0.2, 0.25) is 0 Å². The van der Waals surface area contributed by atoms with Gasteiger partial charge in [0.25, 0.3) is 5.56 Å². The number of benzene rings is 1. The van der Waals surface area contributed by atoms with Crippen molar-refractivity contribution in [3.63, 3.8) is 0 Å². The van der Waals surface area contributed by atoms with Crippen LogP contribution in [0.4, 0.5) is 0 Å². The highest BCUT2D eigenvalue weighted by molar-refractivity contribution is 7.98. The molecular weight excluding hydrogens is 346 g/mol. The first-order chi connectivity index (χ1) is 12.7. The number of H-pyrrole nitrogens is 1. The quantitative estimate of drug-likeness (QED) is 0.554. The second-order valence-corrected chi connectivity index (χ2v) is 7.29. The first-order valence-corrected chi connectivity index (χ1v) is 9.87. The third-order valence-electron chi connectivity index (χ3n) is 4.60. The minimum Gasteiger partial charge on any atom is -0.301 e. The van der Waals surface area contributed by atoms with Gasteiger partial charge in [-0.05, 0) is 11.8 Å². The molecule has 134 valence electrons. The van der Waals surface area contributed by atoms with Gasteiger partial charge in [-0.15, -0.1) is 0 Å². The molecule has 0 aliphatic carbocycles. The van der Waals surface area contributed by atoms with E-state index < -0.39 is 0 Å². The van der Waals surface area contributed by atoms with Crippen molar-refractivity contribution in [3.8, 4) is 0 Å². The number of thioether (sulfide) groups is 1. The lowest BCUT2D eigenvalue weighted by molar-refractivity contribution is 0.241. The highest BCUT2D eigenvalue weighted by Gasteiger charge is 2.21. The van der Waals surface area contributed by atoms with Crippen molar-refractivity contribution in [2.45, 2.75) is 31.2 Å². The third-order valence-corrected chi connectivity index (χ3v) is 5.18. The normalized spacial score (nSPS) is 14.3. The number of hydrogen-bond donors (Lipinski definition) is 1. The highest BCUT2D eigenvalue weighted by atomic mass is 32.2. The second-order valence-electron chi connectivity index (χ2n) is 6.49. The van der Waals surface area contributed by atoms with Crippen molar-refractivity contribution in [1.29, 1.82) is 0 Å². The Labute approximate surface area is 156 Å². The molecule has 3 heterocycles. The monoisotopic (exact) mass is 367 g/mol. The van der Waals surface area contributed by atoms with Crippen LogP contribution in [0.5, 0.6) is 0 Å². The summed E-state index contributed by atoms with van der Waals surface area (Å²) in [5, 5.41) is 5.17. The van der Waals surface area contributed by atoms with Gasteiger partial charge in [0.15, 0.2) is 5.16 Å². The fourth-order valence-corrected chi connectivity index (χ4v) is 3.69. The van der Waals surface area contributed by atoms with E-state index in [1.54, 1.807) is 0 Å². The Bertz CT molecular complexity index is 950. The topological polar surface area (TPSA) is 66.8 Å². The molecule has 0 unspecified atom stereocenters.